The lowest BCUT2D eigenvalue weighted by Gasteiger charge is -2.31. The van der Waals surface area contributed by atoms with Crippen LogP contribution in [0.1, 0.15) is 24.4 Å². The molecule has 0 aliphatic carbocycles. The van der Waals surface area contributed by atoms with Crippen molar-refractivity contribution < 1.29 is 0 Å². The molecule has 3 rings (SSSR count). The van der Waals surface area contributed by atoms with Gasteiger partial charge in [-0.25, -0.2) is 4.98 Å². The number of anilines is 1. The van der Waals surface area contributed by atoms with E-state index in [0.29, 0.717) is 6.04 Å². The minimum Gasteiger partial charge on any atom is -0.354 e. The lowest BCUT2D eigenvalue weighted by Crippen LogP contribution is -2.44. The molecule has 1 atom stereocenters. The van der Waals surface area contributed by atoms with E-state index in [1.165, 1.54) is 24.2 Å². The van der Waals surface area contributed by atoms with E-state index >= 15 is 0 Å². The molecular formula is C13H20N4. The average molecular weight is 232 g/mol. The third-order valence-electron chi connectivity index (χ3n) is 3.67. The van der Waals surface area contributed by atoms with Crippen LogP contribution >= 0.6 is 0 Å². The molecule has 1 aromatic rings. The van der Waals surface area contributed by atoms with Gasteiger partial charge in [0.2, 0.25) is 0 Å². The largest absolute Gasteiger partial charge is 0.354 e. The number of hydrogen-bond donors (Lipinski definition) is 2. The summed E-state index contributed by atoms with van der Waals surface area (Å²) in [5.41, 5.74) is 1.38. The molecule has 0 radical (unpaired) electrons. The van der Waals surface area contributed by atoms with E-state index in [4.69, 9.17) is 0 Å². The Bertz CT molecular complexity index is 367. The Labute approximate surface area is 102 Å². The van der Waals surface area contributed by atoms with Crippen molar-refractivity contribution in [3.05, 3.63) is 23.9 Å². The highest BCUT2D eigenvalue weighted by atomic mass is 15.2. The average Bonchev–Trinajstić information content (AvgIpc) is 2.94. The van der Waals surface area contributed by atoms with Gasteiger partial charge in [0.25, 0.3) is 0 Å². The van der Waals surface area contributed by atoms with Crippen LogP contribution in [0.3, 0.4) is 0 Å². The molecule has 2 aliphatic heterocycles. The second-order valence-electron chi connectivity index (χ2n) is 4.80. The van der Waals surface area contributed by atoms with Crippen molar-refractivity contribution in [2.45, 2.75) is 18.9 Å². The van der Waals surface area contributed by atoms with Crippen molar-refractivity contribution in [3.63, 3.8) is 0 Å². The van der Waals surface area contributed by atoms with E-state index in [0.717, 1.165) is 32.7 Å². The summed E-state index contributed by atoms with van der Waals surface area (Å²) in [6.45, 7) is 5.40. The predicted octanol–water partition coefficient (Wildman–Crippen LogP) is 0.916. The first-order valence-electron chi connectivity index (χ1n) is 6.59. The lowest BCUT2D eigenvalue weighted by molar-refractivity contribution is 0.574. The van der Waals surface area contributed by atoms with E-state index < -0.39 is 0 Å². The van der Waals surface area contributed by atoms with Crippen LogP contribution in [0.2, 0.25) is 0 Å². The number of hydrogen-bond acceptors (Lipinski definition) is 4. The Morgan fingerprint density at radius 3 is 2.88 bits per heavy atom. The molecule has 0 saturated carbocycles. The third kappa shape index (κ3) is 2.28. The van der Waals surface area contributed by atoms with Gasteiger partial charge in [-0.05, 0) is 25.5 Å². The van der Waals surface area contributed by atoms with Crippen LogP contribution in [-0.4, -0.2) is 37.7 Å². The quantitative estimate of drug-likeness (QED) is 0.795. The Kier molecular flexibility index (Phi) is 3.25. The zero-order valence-corrected chi connectivity index (χ0v) is 10.2. The highest BCUT2D eigenvalue weighted by molar-refractivity contribution is 5.49. The second kappa shape index (κ2) is 5.02. The van der Waals surface area contributed by atoms with Gasteiger partial charge in [0, 0.05) is 44.0 Å². The van der Waals surface area contributed by atoms with Crippen LogP contribution in [-0.2, 0) is 0 Å². The van der Waals surface area contributed by atoms with E-state index in [1.54, 1.807) is 0 Å². The molecule has 2 fully saturated rings. The first-order chi connectivity index (χ1) is 8.45. The van der Waals surface area contributed by atoms with E-state index in [1.807, 2.05) is 6.20 Å². The summed E-state index contributed by atoms with van der Waals surface area (Å²) in [6.07, 6.45) is 4.43. The van der Waals surface area contributed by atoms with Gasteiger partial charge in [0.05, 0.1) is 0 Å². The highest BCUT2D eigenvalue weighted by Gasteiger charge is 2.23. The van der Waals surface area contributed by atoms with Gasteiger partial charge in [-0.3, -0.25) is 0 Å². The van der Waals surface area contributed by atoms with Gasteiger partial charge >= 0.3 is 0 Å². The van der Waals surface area contributed by atoms with E-state index in [-0.39, 0.29) is 0 Å². The van der Waals surface area contributed by atoms with Gasteiger partial charge in [-0.2, -0.15) is 0 Å². The van der Waals surface area contributed by atoms with Crippen molar-refractivity contribution in [2.75, 3.05) is 37.6 Å². The maximum absolute atomic E-state index is 4.61. The Morgan fingerprint density at radius 2 is 2.12 bits per heavy atom. The highest BCUT2D eigenvalue weighted by Crippen LogP contribution is 2.29. The monoisotopic (exact) mass is 232 g/mol. The van der Waals surface area contributed by atoms with Crippen LogP contribution in [0, 0.1) is 0 Å². The first kappa shape index (κ1) is 11.0. The molecule has 0 bridgehead atoms. The number of piperazine rings is 1. The molecule has 17 heavy (non-hydrogen) atoms. The second-order valence-corrected chi connectivity index (χ2v) is 4.80. The third-order valence-corrected chi connectivity index (χ3v) is 3.67. The normalized spacial score (nSPS) is 25.2. The summed E-state index contributed by atoms with van der Waals surface area (Å²) in [7, 11) is 0. The molecule has 92 valence electrons. The maximum atomic E-state index is 4.61. The fourth-order valence-corrected chi connectivity index (χ4v) is 2.77. The molecule has 2 N–H and O–H groups in total. The molecule has 1 aromatic heterocycles. The van der Waals surface area contributed by atoms with Crippen LogP contribution in [0.15, 0.2) is 18.3 Å². The smallest absolute Gasteiger partial charge is 0.133 e. The molecule has 2 aliphatic rings. The molecule has 3 heterocycles. The Morgan fingerprint density at radius 1 is 1.24 bits per heavy atom. The number of rotatable bonds is 2. The van der Waals surface area contributed by atoms with E-state index in [9.17, 15) is 0 Å². The summed E-state index contributed by atoms with van der Waals surface area (Å²) < 4.78 is 0. The molecule has 1 unspecified atom stereocenters. The fourth-order valence-electron chi connectivity index (χ4n) is 2.77. The fraction of sp³-hybridized carbons (Fsp3) is 0.615. The van der Waals surface area contributed by atoms with Crippen molar-refractivity contribution in [2.24, 2.45) is 0 Å². The zero-order chi connectivity index (χ0) is 11.5. The van der Waals surface area contributed by atoms with Gasteiger partial charge in [0.15, 0.2) is 0 Å². The molecule has 0 aromatic carbocycles. The van der Waals surface area contributed by atoms with Crippen LogP contribution in [0.25, 0.3) is 0 Å². The van der Waals surface area contributed by atoms with Crippen molar-refractivity contribution in [1.29, 1.82) is 0 Å². The van der Waals surface area contributed by atoms with Crippen LogP contribution < -0.4 is 15.5 Å². The minimum absolute atomic E-state index is 0.508. The molecule has 0 spiro atoms. The Balaban J connectivity index is 1.86. The van der Waals surface area contributed by atoms with Crippen molar-refractivity contribution in [3.8, 4) is 0 Å². The summed E-state index contributed by atoms with van der Waals surface area (Å²) in [4.78, 5) is 7.01. The number of nitrogens with zero attached hydrogens (tertiary/aromatic N) is 2. The van der Waals surface area contributed by atoms with E-state index in [2.05, 4.69) is 32.7 Å². The Hall–Kier alpha value is -1.13. The predicted molar refractivity (Wildman–Crippen MR) is 69.3 cm³/mol. The van der Waals surface area contributed by atoms with Crippen LogP contribution in [0.5, 0.6) is 0 Å². The van der Waals surface area contributed by atoms with Gasteiger partial charge < -0.3 is 15.5 Å². The standard InChI is InChI=1S/C13H20N4/c1-3-11(12-4-2-5-15-12)13(16-6-1)17-9-7-14-8-10-17/h1,3,6,12,14-15H,2,4-5,7-10H2. The molecular weight excluding hydrogens is 212 g/mol. The molecule has 4 heteroatoms. The van der Waals surface area contributed by atoms with Crippen molar-refractivity contribution in [1.82, 2.24) is 15.6 Å². The number of nitrogens with one attached hydrogen (secondary N) is 2. The van der Waals surface area contributed by atoms with Gasteiger partial charge in [-0.1, -0.05) is 6.07 Å². The summed E-state index contributed by atoms with van der Waals surface area (Å²) in [5.74, 6) is 1.19. The molecule has 2 saturated heterocycles. The molecule has 4 nitrogen and oxygen atoms in total. The summed E-state index contributed by atoms with van der Waals surface area (Å²) in [6, 6.07) is 4.79. The maximum Gasteiger partial charge on any atom is 0.133 e. The van der Waals surface area contributed by atoms with Gasteiger partial charge in [0.1, 0.15) is 5.82 Å². The van der Waals surface area contributed by atoms with Crippen LogP contribution in [0.4, 0.5) is 5.82 Å². The zero-order valence-electron chi connectivity index (χ0n) is 10.2. The number of pyridine rings is 1. The van der Waals surface area contributed by atoms with Crippen molar-refractivity contribution >= 4 is 5.82 Å². The SMILES string of the molecule is c1cnc(N2CCNCC2)c(C2CCCN2)c1. The summed E-state index contributed by atoms with van der Waals surface area (Å²) in [5, 5.41) is 6.96. The minimum atomic E-state index is 0.508. The molecule has 0 amide bonds. The van der Waals surface area contributed by atoms with Gasteiger partial charge in [-0.15, -0.1) is 0 Å². The number of aromatic nitrogens is 1. The summed E-state index contributed by atoms with van der Waals surface area (Å²) >= 11 is 0. The lowest BCUT2D eigenvalue weighted by atomic mass is 10.1. The topological polar surface area (TPSA) is 40.2 Å². The first-order valence-corrected chi connectivity index (χ1v) is 6.59.